The number of amides is 2. The average Bonchev–Trinajstić information content (AvgIpc) is 3.40. The largest absolute Gasteiger partial charge is 0.379 e. The number of aliphatic imine (C=N–C) groups is 1. The van der Waals surface area contributed by atoms with Crippen molar-refractivity contribution in [3.05, 3.63) is 12.2 Å². The van der Waals surface area contributed by atoms with E-state index in [9.17, 15) is 9.59 Å². The van der Waals surface area contributed by atoms with E-state index in [1.165, 1.54) is 4.90 Å². The van der Waals surface area contributed by atoms with Crippen LogP contribution in [0.15, 0.2) is 17.1 Å². The Balaban J connectivity index is 0.00000256. The summed E-state index contributed by atoms with van der Waals surface area (Å²) in [5, 5.41) is 6.60. The topological polar surface area (TPSA) is 86.3 Å². The SMILES string of the molecule is CN=C(NCCN1C(=O)C2C3C=CC(C3)C2C1=O)NCC(C)CN1CCOCC1.I. The van der Waals surface area contributed by atoms with Gasteiger partial charge in [0.2, 0.25) is 11.8 Å². The standard InChI is InChI=1S/C21H33N5O3.HI/c1-14(13-25-7-9-29-10-8-25)12-24-21(22-2)23-5-6-26-19(27)17-15-3-4-16(11-15)18(17)20(26)28;/h3-4,14-18H,5-13H2,1-2H3,(H2,22,23,24);1H. The number of nitrogens with zero attached hydrogens (tertiary/aromatic N) is 3. The number of hydrogen-bond acceptors (Lipinski definition) is 5. The zero-order chi connectivity index (χ0) is 20.4. The molecule has 2 N–H and O–H groups in total. The van der Waals surface area contributed by atoms with Crippen LogP contribution in [0.4, 0.5) is 0 Å². The van der Waals surface area contributed by atoms with Gasteiger partial charge >= 0.3 is 0 Å². The number of fused-ring (bicyclic) bond motifs is 5. The van der Waals surface area contributed by atoms with Gasteiger partial charge in [0.05, 0.1) is 25.0 Å². The summed E-state index contributed by atoms with van der Waals surface area (Å²) in [6, 6.07) is 0. The second kappa shape index (κ2) is 10.4. The van der Waals surface area contributed by atoms with Crippen LogP contribution in [0.2, 0.25) is 0 Å². The normalized spacial score (nSPS) is 31.7. The molecule has 8 nitrogen and oxygen atoms in total. The predicted octanol–water partition coefficient (Wildman–Crippen LogP) is 0.545. The minimum atomic E-state index is -0.115. The maximum absolute atomic E-state index is 12.7. The first-order chi connectivity index (χ1) is 14.1. The Hall–Kier alpha value is -1.20. The molecule has 4 aliphatic rings. The van der Waals surface area contributed by atoms with Crippen molar-refractivity contribution < 1.29 is 14.3 Å². The van der Waals surface area contributed by atoms with Gasteiger partial charge in [0.1, 0.15) is 0 Å². The van der Waals surface area contributed by atoms with Gasteiger partial charge in [0.25, 0.3) is 0 Å². The molecule has 1 saturated carbocycles. The Morgan fingerprint density at radius 2 is 1.80 bits per heavy atom. The Morgan fingerprint density at radius 3 is 2.40 bits per heavy atom. The molecule has 0 aromatic carbocycles. The Kier molecular flexibility index (Phi) is 8.14. The van der Waals surface area contributed by atoms with E-state index in [4.69, 9.17) is 4.74 Å². The molecule has 2 aliphatic carbocycles. The molecule has 2 aliphatic heterocycles. The fourth-order valence-electron chi connectivity index (χ4n) is 5.25. The van der Waals surface area contributed by atoms with Crippen LogP contribution in [0, 0.1) is 29.6 Å². The van der Waals surface area contributed by atoms with Crippen LogP contribution < -0.4 is 10.6 Å². The number of morpholine rings is 1. The van der Waals surface area contributed by atoms with Gasteiger partial charge in [0, 0.05) is 46.3 Å². The van der Waals surface area contributed by atoms with Crippen LogP contribution >= 0.6 is 24.0 Å². The molecule has 0 aromatic heterocycles. The van der Waals surface area contributed by atoms with Crippen molar-refractivity contribution in [2.75, 3.05) is 59.5 Å². The highest BCUT2D eigenvalue weighted by atomic mass is 127. The van der Waals surface area contributed by atoms with E-state index in [0.29, 0.717) is 25.0 Å². The summed E-state index contributed by atoms with van der Waals surface area (Å²) in [6.45, 7) is 8.60. The highest BCUT2D eigenvalue weighted by molar-refractivity contribution is 14.0. The van der Waals surface area contributed by atoms with Crippen molar-refractivity contribution in [3.63, 3.8) is 0 Å². The number of ether oxygens (including phenoxy) is 1. The Labute approximate surface area is 195 Å². The van der Waals surface area contributed by atoms with Gasteiger partial charge in [-0.25, -0.2) is 0 Å². The highest BCUT2D eigenvalue weighted by Gasteiger charge is 2.58. The lowest BCUT2D eigenvalue weighted by molar-refractivity contribution is -0.140. The zero-order valence-electron chi connectivity index (χ0n) is 17.9. The van der Waals surface area contributed by atoms with Gasteiger partial charge in [-0.1, -0.05) is 19.1 Å². The van der Waals surface area contributed by atoms with E-state index in [1.807, 2.05) is 0 Å². The number of allylic oxidation sites excluding steroid dienone is 2. The van der Waals surface area contributed by atoms with Crippen molar-refractivity contribution in [2.45, 2.75) is 13.3 Å². The number of carbonyl (C=O) groups excluding carboxylic acids is 2. The number of hydrogen-bond donors (Lipinski definition) is 2. The third-order valence-corrected chi connectivity index (χ3v) is 6.70. The minimum absolute atomic E-state index is 0. The van der Waals surface area contributed by atoms with Crippen molar-refractivity contribution in [2.24, 2.45) is 34.6 Å². The maximum Gasteiger partial charge on any atom is 0.233 e. The summed E-state index contributed by atoms with van der Waals surface area (Å²) >= 11 is 0. The number of guanidine groups is 1. The molecular weight excluding hydrogens is 497 g/mol. The number of nitrogens with one attached hydrogen (secondary N) is 2. The first-order valence-electron chi connectivity index (χ1n) is 10.9. The van der Waals surface area contributed by atoms with Gasteiger partial charge in [-0.3, -0.25) is 24.4 Å². The lowest BCUT2D eigenvalue weighted by Crippen LogP contribution is -2.46. The smallest absolute Gasteiger partial charge is 0.233 e. The summed E-state index contributed by atoms with van der Waals surface area (Å²) in [4.78, 5) is 33.6. The van der Waals surface area contributed by atoms with Crippen LogP contribution in [0.5, 0.6) is 0 Å². The van der Waals surface area contributed by atoms with Crippen molar-refractivity contribution >= 4 is 41.8 Å². The molecule has 168 valence electrons. The zero-order valence-corrected chi connectivity index (χ0v) is 20.2. The van der Waals surface area contributed by atoms with Gasteiger partial charge in [0.15, 0.2) is 5.96 Å². The molecular formula is C21H34IN5O3. The third-order valence-electron chi connectivity index (χ3n) is 6.70. The van der Waals surface area contributed by atoms with Crippen molar-refractivity contribution in [1.29, 1.82) is 0 Å². The molecule has 0 spiro atoms. The van der Waals surface area contributed by atoms with Gasteiger partial charge in [-0.15, -0.1) is 24.0 Å². The lowest BCUT2D eigenvalue weighted by Gasteiger charge is -2.29. The summed E-state index contributed by atoms with van der Waals surface area (Å²) in [5.74, 6) is 1.52. The quantitative estimate of drug-likeness (QED) is 0.164. The number of carbonyl (C=O) groups is 2. The summed E-state index contributed by atoms with van der Waals surface area (Å²) < 4.78 is 5.40. The molecule has 2 bridgehead atoms. The highest BCUT2D eigenvalue weighted by Crippen LogP contribution is 2.52. The van der Waals surface area contributed by atoms with E-state index in [1.54, 1.807) is 7.05 Å². The monoisotopic (exact) mass is 531 g/mol. The average molecular weight is 531 g/mol. The van der Waals surface area contributed by atoms with E-state index in [2.05, 4.69) is 39.6 Å². The van der Waals surface area contributed by atoms with E-state index in [-0.39, 0.29) is 59.5 Å². The molecule has 0 radical (unpaired) electrons. The van der Waals surface area contributed by atoms with E-state index >= 15 is 0 Å². The first-order valence-corrected chi connectivity index (χ1v) is 10.9. The fraction of sp³-hybridized carbons (Fsp3) is 0.762. The fourth-order valence-corrected chi connectivity index (χ4v) is 5.25. The molecule has 2 saturated heterocycles. The van der Waals surface area contributed by atoms with Gasteiger partial charge in [-0.2, -0.15) is 0 Å². The van der Waals surface area contributed by atoms with Crippen LogP contribution in [-0.2, 0) is 14.3 Å². The van der Waals surface area contributed by atoms with E-state index < -0.39 is 0 Å². The number of halogens is 1. The Bertz CT molecular complexity index is 664. The van der Waals surface area contributed by atoms with Gasteiger partial charge in [-0.05, 0) is 24.2 Å². The van der Waals surface area contributed by atoms with E-state index in [0.717, 1.165) is 45.8 Å². The van der Waals surface area contributed by atoms with Gasteiger partial charge < -0.3 is 15.4 Å². The molecule has 0 aromatic rings. The molecule has 30 heavy (non-hydrogen) atoms. The second-order valence-electron chi connectivity index (χ2n) is 8.73. The number of rotatable bonds is 7. The molecule has 2 heterocycles. The third kappa shape index (κ3) is 4.83. The van der Waals surface area contributed by atoms with Crippen LogP contribution in [0.3, 0.4) is 0 Å². The molecule has 9 heteroatoms. The molecule has 3 fully saturated rings. The van der Waals surface area contributed by atoms with Crippen molar-refractivity contribution in [3.8, 4) is 0 Å². The van der Waals surface area contributed by atoms with Crippen LogP contribution in [-0.4, -0.2) is 87.1 Å². The minimum Gasteiger partial charge on any atom is -0.379 e. The summed E-state index contributed by atoms with van der Waals surface area (Å²) in [6.07, 6.45) is 5.23. The molecule has 2 amide bonds. The number of imide groups is 1. The second-order valence-corrected chi connectivity index (χ2v) is 8.73. The molecule has 5 atom stereocenters. The Morgan fingerprint density at radius 1 is 1.17 bits per heavy atom. The lowest BCUT2D eigenvalue weighted by atomic mass is 9.85. The summed E-state index contributed by atoms with van der Waals surface area (Å²) in [5.41, 5.74) is 0. The summed E-state index contributed by atoms with van der Waals surface area (Å²) in [7, 11) is 1.74. The molecule has 5 unspecified atom stereocenters. The van der Waals surface area contributed by atoms with Crippen LogP contribution in [0.1, 0.15) is 13.3 Å². The predicted molar refractivity (Wildman–Crippen MR) is 126 cm³/mol. The number of likely N-dealkylation sites (tertiary alicyclic amines) is 1. The van der Waals surface area contributed by atoms with Crippen molar-refractivity contribution in [1.82, 2.24) is 20.4 Å². The van der Waals surface area contributed by atoms with Crippen LogP contribution in [0.25, 0.3) is 0 Å². The molecule has 4 rings (SSSR count). The first kappa shape index (κ1) is 23.5. The maximum atomic E-state index is 12.7.